The number of benzene rings is 1. The highest BCUT2D eigenvalue weighted by molar-refractivity contribution is 5.74. The predicted molar refractivity (Wildman–Crippen MR) is 78.1 cm³/mol. The largest absolute Gasteiger partial charge is 0.338 e. The lowest BCUT2D eigenvalue weighted by Gasteiger charge is -2.29. The summed E-state index contributed by atoms with van der Waals surface area (Å²) in [7, 11) is 0. The number of carbonyl (C=O) groups excluding carboxylic acids is 1. The van der Waals surface area contributed by atoms with Crippen LogP contribution in [0.4, 0.5) is 4.79 Å². The fourth-order valence-corrected chi connectivity index (χ4v) is 2.72. The second-order valence-electron chi connectivity index (χ2n) is 5.50. The lowest BCUT2D eigenvalue weighted by atomic mass is 9.86. The number of hydrogen-bond donors (Lipinski definition) is 2. The molecule has 0 spiro atoms. The minimum absolute atomic E-state index is 0.0188. The fourth-order valence-electron chi connectivity index (χ4n) is 2.72. The molecule has 0 radical (unpaired) electrons. The molecule has 0 saturated heterocycles. The highest BCUT2D eigenvalue weighted by atomic mass is 16.2. The summed E-state index contributed by atoms with van der Waals surface area (Å²) in [5, 5.41) is 6.05. The molecule has 3 heteroatoms. The predicted octanol–water partition coefficient (Wildman–Crippen LogP) is 3.11. The van der Waals surface area contributed by atoms with Crippen LogP contribution in [-0.2, 0) is 6.42 Å². The summed E-state index contributed by atoms with van der Waals surface area (Å²) in [4.78, 5) is 11.8. The van der Waals surface area contributed by atoms with E-state index in [1.165, 1.54) is 24.8 Å². The third-order valence-corrected chi connectivity index (χ3v) is 3.97. The molecule has 2 N–H and O–H groups in total. The number of amides is 2. The number of nitrogens with one attached hydrogen (secondary N) is 2. The maximum absolute atomic E-state index is 11.8. The van der Waals surface area contributed by atoms with Crippen LogP contribution in [0.1, 0.15) is 38.2 Å². The molecule has 2 atom stereocenters. The van der Waals surface area contributed by atoms with Crippen LogP contribution >= 0.6 is 0 Å². The molecular weight excluding hydrogens is 236 g/mol. The van der Waals surface area contributed by atoms with E-state index in [4.69, 9.17) is 0 Å². The van der Waals surface area contributed by atoms with E-state index in [1.54, 1.807) is 0 Å². The average molecular weight is 260 g/mol. The first kappa shape index (κ1) is 13.9. The van der Waals surface area contributed by atoms with Gasteiger partial charge in [-0.25, -0.2) is 4.79 Å². The zero-order chi connectivity index (χ0) is 13.5. The maximum Gasteiger partial charge on any atom is 0.315 e. The van der Waals surface area contributed by atoms with Crippen LogP contribution < -0.4 is 10.6 Å². The molecule has 19 heavy (non-hydrogen) atoms. The molecule has 2 unspecified atom stereocenters. The van der Waals surface area contributed by atoms with E-state index in [0.29, 0.717) is 18.5 Å². The van der Waals surface area contributed by atoms with Crippen LogP contribution in [0.5, 0.6) is 0 Å². The zero-order valence-corrected chi connectivity index (χ0v) is 11.7. The Labute approximate surface area is 115 Å². The Bertz CT molecular complexity index is 391. The van der Waals surface area contributed by atoms with Gasteiger partial charge in [-0.3, -0.25) is 0 Å². The van der Waals surface area contributed by atoms with Crippen molar-refractivity contribution in [2.24, 2.45) is 5.92 Å². The van der Waals surface area contributed by atoms with Crippen molar-refractivity contribution in [3.63, 3.8) is 0 Å². The second kappa shape index (κ2) is 7.17. The quantitative estimate of drug-likeness (QED) is 0.858. The summed E-state index contributed by atoms with van der Waals surface area (Å²) >= 11 is 0. The smallest absolute Gasteiger partial charge is 0.315 e. The summed E-state index contributed by atoms with van der Waals surface area (Å²) in [6.45, 7) is 2.92. The molecule has 1 saturated carbocycles. The van der Waals surface area contributed by atoms with Crippen molar-refractivity contribution in [2.75, 3.05) is 6.54 Å². The number of hydrogen-bond acceptors (Lipinski definition) is 1. The topological polar surface area (TPSA) is 41.1 Å². The van der Waals surface area contributed by atoms with Gasteiger partial charge in [-0.05, 0) is 30.7 Å². The maximum atomic E-state index is 11.8. The van der Waals surface area contributed by atoms with Crippen molar-refractivity contribution in [1.29, 1.82) is 0 Å². The summed E-state index contributed by atoms with van der Waals surface area (Å²) in [6, 6.07) is 10.6. The Morgan fingerprint density at radius 2 is 1.95 bits per heavy atom. The van der Waals surface area contributed by atoms with Crippen LogP contribution in [0.25, 0.3) is 0 Å². The lowest BCUT2D eigenvalue weighted by Crippen LogP contribution is -2.46. The van der Waals surface area contributed by atoms with Gasteiger partial charge in [0.05, 0.1) is 0 Å². The molecule has 3 nitrogen and oxygen atoms in total. The van der Waals surface area contributed by atoms with Crippen molar-refractivity contribution < 1.29 is 4.79 Å². The Morgan fingerprint density at radius 3 is 2.68 bits per heavy atom. The Balaban J connectivity index is 1.67. The first-order valence-corrected chi connectivity index (χ1v) is 7.34. The van der Waals surface area contributed by atoms with Crippen LogP contribution in [0.2, 0.25) is 0 Å². The highest BCUT2D eigenvalue weighted by Gasteiger charge is 2.22. The van der Waals surface area contributed by atoms with Gasteiger partial charge in [0.1, 0.15) is 0 Å². The fraction of sp³-hybridized carbons (Fsp3) is 0.562. The zero-order valence-electron chi connectivity index (χ0n) is 11.7. The summed E-state index contributed by atoms with van der Waals surface area (Å²) in [5.41, 5.74) is 1.26. The van der Waals surface area contributed by atoms with Crippen molar-refractivity contribution in [3.8, 4) is 0 Å². The van der Waals surface area contributed by atoms with Crippen molar-refractivity contribution in [2.45, 2.75) is 45.1 Å². The molecule has 1 aromatic carbocycles. The molecule has 1 aliphatic rings. The van der Waals surface area contributed by atoms with E-state index in [9.17, 15) is 4.79 Å². The van der Waals surface area contributed by atoms with E-state index < -0.39 is 0 Å². The summed E-state index contributed by atoms with van der Waals surface area (Å²) < 4.78 is 0. The van der Waals surface area contributed by atoms with Gasteiger partial charge in [0.15, 0.2) is 0 Å². The van der Waals surface area contributed by atoms with Crippen LogP contribution in [0.3, 0.4) is 0 Å². The third-order valence-electron chi connectivity index (χ3n) is 3.97. The van der Waals surface area contributed by atoms with Gasteiger partial charge >= 0.3 is 6.03 Å². The van der Waals surface area contributed by atoms with Crippen molar-refractivity contribution in [1.82, 2.24) is 10.6 Å². The normalized spacial score (nSPS) is 22.8. The standard InChI is InChI=1S/C16H24N2O/c1-13-7-5-6-10-15(13)18-16(19)17-12-11-14-8-3-2-4-9-14/h2-4,8-9,13,15H,5-7,10-12H2,1H3,(H2,17,18,19). The van der Waals surface area contributed by atoms with Gasteiger partial charge in [-0.1, -0.05) is 50.1 Å². The van der Waals surface area contributed by atoms with Gasteiger partial charge in [0, 0.05) is 12.6 Å². The van der Waals surface area contributed by atoms with Crippen LogP contribution in [-0.4, -0.2) is 18.6 Å². The van der Waals surface area contributed by atoms with Gasteiger partial charge in [0.25, 0.3) is 0 Å². The molecule has 0 bridgehead atoms. The van der Waals surface area contributed by atoms with Crippen LogP contribution in [0, 0.1) is 5.92 Å². The Morgan fingerprint density at radius 1 is 1.21 bits per heavy atom. The molecule has 2 amide bonds. The number of rotatable bonds is 4. The molecule has 1 aromatic rings. The summed E-state index contributed by atoms with van der Waals surface area (Å²) in [5.74, 6) is 0.605. The Hall–Kier alpha value is -1.51. The molecule has 0 heterocycles. The first-order chi connectivity index (χ1) is 9.25. The van der Waals surface area contributed by atoms with Gasteiger partial charge in [-0.2, -0.15) is 0 Å². The Kier molecular flexibility index (Phi) is 5.25. The van der Waals surface area contributed by atoms with E-state index in [-0.39, 0.29) is 6.03 Å². The van der Waals surface area contributed by atoms with Gasteiger partial charge < -0.3 is 10.6 Å². The average Bonchev–Trinajstić information content (AvgIpc) is 2.43. The lowest BCUT2D eigenvalue weighted by molar-refractivity contribution is 0.222. The first-order valence-electron chi connectivity index (χ1n) is 7.34. The van der Waals surface area contributed by atoms with E-state index >= 15 is 0 Å². The van der Waals surface area contributed by atoms with Crippen molar-refractivity contribution >= 4 is 6.03 Å². The van der Waals surface area contributed by atoms with Gasteiger partial charge in [0.2, 0.25) is 0 Å². The third kappa shape index (κ3) is 4.58. The monoisotopic (exact) mass is 260 g/mol. The molecule has 0 aliphatic heterocycles. The summed E-state index contributed by atoms with van der Waals surface area (Å²) in [6.07, 6.45) is 5.77. The second-order valence-corrected chi connectivity index (χ2v) is 5.50. The minimum Gasteiger partial charge on any atom is -0.338 e. The molecule has 1 aliphatic carbocycles. The molecule has 0 aromatic heterocycles. The number of urea groups is 1. The van der Waals surface area contributed by atoms with E-state index in [1.807, 2.05) is 18.2 Å². The SMILES string of the molecule is CC1CCCCC1NC(=O)NCCc1ccccc1. The molecule has 2 rings (SSSR count). The van der Waals surface area contributed by atoms with Crippen LogP contribution in [0.15, 0.2) is 30.3 Å². The highest BCUT2D eigenvalue weighted by Crippen LogP contribution is 2.23. The van der Waals surface area contributed by atoms with Gasteiger partial charge in [-0.15, -0.1) is 0 Å². The number of carbonyl (C=O) groups is 1. The van der Waals surface area contributed by atoms with Crippen molar-refractivity contribution in [3.05, 3.63) is 35.9 Å². The molecule has 1 fully saturated rings. The molecule has 104 valence electrons. The van der Waals surface area contributed by atoms with E-state index in [2.05, 4.69) is 29.7 Å². The van der Waals surface area contributed by atoms with E-state index in [0.717, 1.165) is 12.8 Å². The molecular formula is C16H24N2O. The minimum atomic E-state index is -0.0188.